The van der Waals surface area contributed by atoms with Crippen LogP contribution in [0.3, 0.4) is 0 Å². The third-order valence-electron chi connectivity index (χ3n) is 2.94. The number of aliphatic hydroxyl groups excluding tert-OH is 1. The minimum Gasteiger partial charge on any atom is -0.390 e. The lowest BCUT2D eigenvalue weighted by Gasteiger charge is -2.24. The number of aromatic nitrogens is 2. The Morgan fingerprint density at radius 1 is 1.84 bits per heavy atom. The molecule has 1 aromatic heterocycles. The molecule has 1 saturated heterocycles. The molecular formula is C10H12IN5O3. The second-order valence-corrected chi connectivity index (χ2v) is 5.08. The minimum absolute atomic E-state index is 0.174. The standard InChI is InChI=1S/C10H12IN5O3/c1-6-3-13-9(18)16(4-6)8-2-7(17)10(5-11,19-8)14-15-12/h3-4,7-8,17H,2,5H2,1H3/t7-,8-,10+/m0/s1. The zero-order valence-corrected chi connectivity index (χ0v) is 12.3. The maximum absolute atomic E-state index is 11.7. The van der Waals surface area contributed by atoms with E-state index in [0.29, 0.717) is 4.43 Å². The van der Waals surface area contributed by atoms with E-state index in [4.69, 9.17) is 10.3 Å². The molecule has 19 heavy (non-hydrogen) atoms. The van der Waals surface area contributed by atoms with Crippen LogP contribution in [-0.2, 0) is 4.74 Å². The van der Waals surface area contributed by atoms with Crippen molar-refractivity contribution in [1.82, 2.24) is 9.55 Å². The molecule has 0 amide bonds. The summed E-state index contributed by atoms with van der Waals surface area (Å²) in [6, 6.07) is 0. The fourth-order valence-electron chi connectivity index (χ4n) is 1.96. The van der Waals surface area contributed by atoms with Gasteiger partial charge in [0.1, 0.15) is 6.23 Å². The number of nitrogens with zero attached hydrogens (tertiary/aromatic N) is 5. The quantitative estimate of drug-likeness (QED) is 0.281. The molecule has 2 heterocycles. The molecule has 0 bridgehead atoms. The van der Waals surface area contributed by atoms with Gasteiger partial charge in [0.2, 0.25) is 0 Å². The Bertz CT molecular complexity index is 585. The molecule has 102 valence electrons. The van der Waals surface area contributed by atoms with Gasteiger partial charge in [0.05, 0.1) is 6.10 Å². The summed E-state index contributed by atoms with van der Waals surface area (Å²) in [5.41, 5.74) is 7.58. The highest BCUT2D eigenvalue weighted by molar-refractivity contribution is 14.1. The molecule has 1 aromatic rings. The summed E-state index contributed by atoms with van der Waals surface area (Å²) in [6.07, 6.45) is 1.59. The third-order valence-corrected chi connectivity index (χ3v) is 4.04. The first-order valence-corrected chi connectivity index (χ1v) is 7.08. The van der Waals surface area contributed by atoms with Gasteiger partial charge in [-0.1, -0.05) is 27.7 Å². The van der Waals surface area contributed by atoms with Gasteiger partial charge in [-0.3, -0.25) is 4.57 Å². The molecule has 8 nitrogen and oxygen atoms in total. The van der Waals surface area contributed by atoms with E-state index in [1.807, 2.05) is 22.6 Å². The number of azide groups is 1. The van der Waals surface area contributed by atoms with Crippen LogP contribution in [0, 0.1) is 6.92 Å². The van der Waals surface area contributed by atoms with Gasteiger partial charge >= 0.3 is 5.69 Å². The number of alkyl halides is 1. The Labute approximate surface area is 122 Å². The van der Waals surface area contributed by atoms with Crippen molar-refractivity contribution in [3.05, 3.63) is 38.9 Å². The average molecular weight is 377 g/mol. The molecule has 2 rings (SSSR count). The highest BCUT2D eigenvalue weighted by Gasteiger charge is 2.48. The van der Waals surface area contributed by atoms with Gasteiger partial charge in [-0.05, 0) is 18.0 Å². The van der Waals surface area contributed by atoms with Crippen LogP contribution in [0.2, 0.25) is 0 Å². The Morgan fingerprint density at radius 2 is 2.58 bits per heavy atom. The van der Waals surface area contributed by atoms with Gasteiger partial charge in [-0.25, -0.2) is 9.78 Å². The predicted molar refractivity (Wildman–Crippen MR) is 74.7 cm³/mol. The lowest BCUT2D eigenvalue weighted by atomic mass is 10.1. The van der Waals surface area contributed by atoms with Crippen LogP contribution < -0.4 is 5.69 Å². The molecule has 0 spiro atoms. The predicted octanol–water partition coefficient (Wildman–Crippen LogP) is 1.27. The number of halogens is 1. The maximum Gasteiger partial charge on any atom is 0.349 e. The Balaban J connectivity index is 2.37. The number of aryl methyl sites for hydroxylation is 1. The highest BCUT2D eigenvalue weighted by Crippen LogP contribution is 2.38. The van der Waals surface area contributed by atoms with E-state index < -0.39 is 23.7 Å². The second-order valence-electron chi connectivity index (χ2n) is 4.31. The summed E-state index contributed by atoms with van der Waals surface area (Å²) in [5, 5.41) is 13.6. The zero-order valence-electron chi connectivity index (χ0n) is 10.1. The topological polar surface area (TPSA) is 113 Å². The fourth-order valence-corrected chi connectivity index (χ4v) is 2.80. The smallest absolute Gasteiger partial charge is 0.349 e. The van der Waals surface area contributed by atoms with Crippen molar-refractivity contribution in [2.75, 3.05) is 4.43 Å². The van der Waals surface area contributed by atoms with E-state index >= 15 is 0 Å². The third kappa shape index (κ3) is 2.59. The molecule has 0 aliphatic carbocycles. The molecular weight excluding hydrogens is 365 g/mol. The van der Waals surface area contributed by atoms with Crippen molar-refractivity contribution in [2.24, 2.45) is 5.11 Å². The first-order valence-electron chi connectivity index (χ1n) is 5.55. The number of aliphatic hydroxyl groups is 1. The summed E-state index contributed by atoms with van der Waals surface area (Å²) in [5.74, 6) is 0. The molecule has 0 saturated carbocycles. The van der Waals surface area contributed by atoms with Crippen molar-refractivity contribution < 1.29 is 9.84 Å². The molecule has 0 radical (unpaired) electrons. The molecule has 1 fully saturated rings. The Hall–Kier alpha value is -1.16. The molecule has 3 atom stereocenters. The number of ether oxygens (including phenoxy) is 1. The van der Waals surface area contributed by atoms with Crippen LogP contribution in [0.1, 0.15) is 18.2 Å². The van der Waals surface area contributed by atoms with Gasteiger partial charge in [-0.15, -0.1) is 0 Å². The maximum atomic E-state index is 11.7. The fraction of sp³-hybridized carbons (Fsp3) is 0.600. The van der Waals surface area contributed by atoms with Crippen LogP contribution in [0.4, 0.5) is 0 Å². The van der Waals surface area contributed by atoms with Crippen LogP contribution in [-0.4, -0.2) is 30.9 Å². The Kier molecular flexibility index (Phi) is 4.09. The second kappa shape index (κ2) is 5.45. The van der Waals surface area contributed by atoms with E-state index in [9.17, 15) is 9.90 Å². The highest BCUT2D eigenvalue weighted by atomic mass is 127. The molecule has 1 aliphatic rings. The summed E-state index contributed by atoms with van der Waals surface area (Å²) in [4.78, 5) is 18.1. The van der Waals surface area contributed by atoms with E-state index in [-0.39, 0.29) is 6.42 Å². The first kappa shape index (κ1) is 14.3. The van der Waals surface area contributed by atoms with E-state index in [1.54, 1.807) is 13.1 Å². The number of hydrogen-bond acceptors (Lipinski definition) is 5. The van der Waals surface area contributed by atoms with Gasteiger partial charge in [0.25, 0.3) is 0 Å². The summed E-state index contributed by atoms with van der Waals surface area (Å²) in [6.45, 7) is 1.80. The molecule has 1 aliphatic heterocycles. The van der Waals surface area contributed by atoms with Crippen molar-refractivity contribution in [3.63, 3.8) is 0 Å². The van der Waals surface area contributed by atoms with Gasteiger partial charge in [-0.2, -0.15) is 0 Å². The van der Waals surface area contributed by atoms with Gasteiger partial charge < -0.3 is 9.84 Å². The monoisotopic (exact) mass is 377 g/mol. The largest absolute Gasteiger partial charge is 0.390 e. The molecule has 1 N–H and O–H groups in total. The van der Waals surface area contributed by atoms with E-state index in [0.717, 1.165) is 5.56 Å². The first-order chi connectivity index (χ1) is 9.02. The molecule has 9 heteroatoms. The lowest BCUT2D eigenvalue weighted by molar-refractivity contribution is -0.0820. The van der Waals surface area contributed by atoms with Crippen molar-refractivity contribution >= 4 is 22.6 Å². The van der Waals surface area contributed by atoms with Crippen LogP contribution in [0.15, 0.2) is 22.3 Å². The number of rotatable bonds is 3. The van der Waals surface area contributed by atoms with Crippen LogP contribution in [0.25, 0.3) is 10.4 Å². The summed E-state index contributed by atoms with van der Waals surface area (Å²) in [7, 11) is 0. The number of hydrogen-bond donors (Lipinski definition) is 1. The molecule has 0 aromatic carbocycles. The lowest BCUT2D eigenvalue weighted by Crippen LogP contribution is -2.38. The van der Waals surface area contributed by atoms with Crippen LogP contribution in [0.5, 0.6) is 0 Å². The van der Waals surface area contributed by atoms with Crippen LogP contribution >= 0.6 is 22.6 Å². The van der Waals surface area contributed by atoms with Gasteiger partial charge in [0.15, 0.2) is 5.72 Å². The van der Waals surface area contributed by atoms with Crippen molar-refractivity contribution in [2.45, 2.75) is 31.4 Å². The van der Waals surface area contributed by atoms with E-state index in [1.165, 1.54) is 10.8 Å². The zero-order chi connectivity index (χ0) is 14.0. The summed E-state index contributed by atoms with van der Waals surface area (Å²) < 4.78 is 7.22. The van der Waals surface area contributed by atoms with E-state index in [2.05, 4.69) is 15.0 Å². The minimum atomic E-state index is -1.33. The Morgan fingerprint density at radius 3 is 3.21 bits per heavy atom. The van der Waals surface area contributed by atoms with Crippen molar-refractivity contribution in [3.8, 4) is 0 Å². The SMILES string of the molecule is Cc1cnc(=O)n([C@@H]2C[C@H](O)[C@](CI)(N=[N+]=[N-])O2)c1. The van der Waals surface area contributed by atoms with Gasteiger partial charge in [0, 0.05) is 28.2 Å². The molecule has 0 unspecified atom stereocenters. The van der Waals surface area contributed by atoms with Crippen molar-refractivity contribution in [1.29, 1.82) is 0 Å². The summed E-state index contributed by atoms with van der Waals surface area (Å²) >= 11 is 1.97. The average Bonchev–Trinajstić information content (AvgIpc) is 2.71. The normalized spacial score (nSPS) is 30.1.